The van der Waals surface area contributed by atoms with Crippen molar-refractivity contribution in [3.63, 3.8) is 0 Å². The van der Waals surface area contributed by atoms with Gasteiger partial charge in [-0.15, -0.1) is 0 Å². The number of aromatic nitrogens is 4. The van der Waals surface area contributed by atoms with Crippen LogP contribution in [0.15, 0.2) is 9.59 Å². The number of unbranched alkanes of at least 4 members (excludes halogenated alkanes) is 8. The van der Waals surface area contributed by atoms with Gasteiger partial charge in [-0.25, -0.2) is 9.78 Å². The normalized spacial score (nSPS) is 12.1. The van der Waals surface area contributed by atoms with Gasteiger partial charge in [0.05, 0.1) is 5.75 Å². The van der Waals surface area contributed by atoms with E-state index in [0.717, 1.165) is 57.2 Å². The predicted molar refractivity (Wildman–Crippen MR) is 108 cm³/mol. The molecule has 0 atom stereocenters. The summed E-state index contributed by atoms with van der Waals surface area (Å²) in [6.45, 7) is 2.53. The van der Waals surface area contributed by atoms with Gasteiger partial charge < -0.3 is 4.57 Å². The molecule has 0 fully saturated rings. The lowest BCUT2D eigenvalue weighted by Gasteiger charge is -2.07. The minimum absolute atomic E-state index is 0.146. The molecule has 0 saturated carbocycles. The molecule has 2 aromatic heterocycles. The molecule has 0 aliphatic rings. The van der Waals surface area contributed by atoms with Crippen LogP contribution in [0.25, 0.3) is 11.2 Å². The molecule has 2 aromatic rings. The maximum atomic E-state index is 12.1. The first-order valence-corrected chi connectivity index (χ1v) is 11.4. The van der Waals surface area contributed by atoms with Crippen LogP contribution in [-0.2, 0) is 23.7 Å². The fourth-order valence-corrected chi connectivity index (χ4v) is 3.98. The number of fused-ring (bicyclic) bond motifs is 1. The van der Waals surface area contributed by atoms with E-state index >= 15 is 0 Å². The Morgan fingerprint density at radius 1 is 0.964 bits per heavy atom. The first kappa shape index (κ1) is 22.4. The fourth-order valence-electron chi connectivity index (χ4n) is 3.41. The molecule has 0 aromatic carbocycles. The van der Waals surface area contributed by atoms with Crippen LogP contribution in [0.5, 0.6) is 0 Å². The quantitative estimate of drug-likeness (QED) is 0.405. The second-order valence-electron chi connectivity index (χ2n) is 7.27. The number of imidazole rings is 1. The van der Waals surface area contributed by atoms with Gasteiger partial charge in [-0.3, -0.25) is 18.9 Å². The Kier molecular flexibility index (Phi) is 7.99. The summed E-state index contributed by atoms with van der Waals surface area (Å²) in [5, 5.41) is 0. The molecule has 2 heterocycles. The van der Waals surface area contributed by atoms with Gasteiger partial charge in [-0.05, 0) is 19.8 Å². The van der Waals surface area contributed by atoms with Gasteiger partial charge in [0.25, 0.3) is 15.7 Å². The maximum absolute atomic E-state index is 12.1. The zero-order chi connectivity index (χ0) is 20.7. The molecule has 0 saturated heterocycles. The second-order valence-corrected chi connectivity index (χ2v) is 8.84. The lowest BCUT2D eigenvalue weighted by Crippen LogP contribution is -2.29. The summed E-state index contributed by atoms with van der Waals surface area (Å²) >= 11 is 0. The van der Waals surface area contributed by atoms with Crippen molar-refractivity contribution >= 4 is 21.3 Å². The molecule has 2 rings (SSSR count). The Hall–Kier alpha value is -1.94. The van der Waals surface area contributed by atoms with Crippen LogP contribution < -0.4 is 11.2 Å². The summed E-state index contributed by atoms with van der Waals surface area (Å²) in [5.41, 5.74) is 0.0116. The van der Waals surface area contributed by atoms with Crippen molar-refractivity contribution in [2.45, 2.75) is 71.3 Å². The third-order valence-corrected chi connectivity index (χ3v) is 5.79. The van der Waals surface area contributed by atoms with Crippen molar-refractivity contribution in [3.8, 4) is 0 Å². The topological polar surface area (TPSA) is 127 Å². The average Bonchev–Trinajstić information content (AvgIpc) is 2.94. The Morgan fingerprint density at radius 2 is 1.50 bits per heavy atom. The maximum Gasteiger partial charge on any atom is 0.329 e. The van der Waals surface area contributed by atoms with Crippen LogP contribution in [0.4, 0.5) is 0 Å². The van der Waals surface area contributed by atoms with E-state index in [-0.39, 0.29) is 5.75 Å². The number of H-pyrrole nitrogens is 1. The summed E-state index contributed by atoms with van der Waals surface area (Å²) < 4.78 is 33.1. The number of rotatable bonds is 12. The molecule has 0 amide bonds. The van der Waals surface area contributed by atoms with Crippen LogP contribution >= 0.6 is 0 Å². The highest BCUT2D eigenvalue weighted by atomic mass is 32.2. The second kappa shape index (κ2) is 10.0. The van der Waals surface area contributed by atoms with Crippen molar-refractivity contribution in [1.82, 2.24) is 19.1 Å². The molecule has 158 valence electrons. The fraction of sp³-hybridized carbons (Fsp3) is 0.722. The van der Waals surface area contributed by atoms with E-state index in [0.29, 0.717) is 24.1 Å². The van der Waals surface area contributed by atoms with Gasteiger partial charge in [-0.1, -0.05) is 44.9 Å². The third kappa shape index (κ3) is 6.30. The molecule has 2 N–H and O–H groups in total. The van der Waals surface area contributed by atoms with E-state index in [9.17, 15) is 18.0 Å². The molecule has 0 aliphatic carbocycles. The SMILES string of the molecule is Cc1nc2c(c(=O)[nH]c(=O)n2C)n1CCCCCCCCCCCS(=O)(=O)O. The highest BCUT2D eigenvalue weighted by Gasteiger charge is 2.14. The number of aromatic amines is 1. The minimum atomic E-state index is -3.82. The number of hydrogen-bond acceptors (Lipinski definition) is 5. The van der Waals surface area contributed by atoms with E-state index < -0.39 is 21.4 Å². The summed E-state index contributed by atoms with van der Waals surface area (Å²) in [6.07, 6.45) is 8.71. The van der Waals surface area contributed by atoms with Gasteiger partial charge >= 0.3 is 5.69 Å². The van der Waals surface area contributed by atoms with Crippen LogP contribution in [0.3, 0.4) is 0 Å². The van der Waals surface area contributed by atoms with Crippen molar-refractivity contribution < 1.29 is 13.0 Å². The van der Waals surface area contributed by atoms with Crippen molar-refractivity contribution in [2.75, 3.05) is 5.75 Å². The molecule has 0 radical (unpaired) electrons. The Balaban J connectivity index is 1.68. The number of hydrogen-bond donors (Lipinski definition) is 2. The lowest BCUT2D eigenvalue weighted by atomic mass is 10.1. The Morgan fingerprint density at radius 3 is 2.07 bits per heavy atom. The van der Waals surface area contributed by atoms with Crippen molar-refractivity contribution in [1.29, 1.82) is 0 Å². The Labute approximate surface area is 164 Å². The summed E-state index contributed by atoms with van der Waals surface area (Å²) in [6, 6.07) is 0. The number of nitrogens with zero attached hydrogens (tertiary/aromatic N) is 3. The van der Waals surface area contributed by atoms with Crippen LogP contribution in [0.1, 0.15) is 63.6 Å². The van der Waals surface area contributed by atoms with Gasteiger partial charge in [-0.2, -0.15) is 8.42 Å². The first-order chi connectivity index (χ1) is 13.2. The largest absolute Gasteiger partial charge is 0.329 e. The Bertz CT molecular complexity index is 1000. The molecule has 0 aliphatic heterocycles. The molecule has 0 spiro atoms. The monoisotopic (exact) mass is 414 g/mol. The van der Waals surface area contributed by atoms with E-state index in [1.54, 1.807) is 7.05 Å². The number of nitrogens with one attached hydrogen (secondary N) is 1. The van der Waals surface area contributed by atoms with Crippen molar-refractivity contribution in [2.24, 2.45) is 7.05 Å². The van der Waals surface area contributed by atoms with Crippen LogP contribution in [0.2, 0.25) is 0 Å². The molecule has 10 heteroatoms. The summed E-state index contributed by atoms with van der Waals surface area (Å²) in [7, 11) is -2.22. The van der Waals surface area contributed by atoms with E-state index in [1.807, 2.05) is 11.5 Å². The minimum Gasteiger partial charge on any atom is -0.322 e. The number of aryl methyl sites for hydroxylation is 3. The van der Waals surface area contributed by atoms with Gasteiger partial charge in [0, 0.05) is 13.6 Å². The van der Waals surface area contributed by atoms with Gasteiger partial charge in [0.1, 0.15) is 5.82 Å². The molecule has 0 unspecified atom stereocenters. The highest BCUT2D eigenvalue weighted by Crippen LogP contribution is 2.14. The van der Waals surface area contributed by atoms with Gasteiger partial charge in [0.15, 0.2) is 11.2 Å². The average molecular weight is 415 g/mol. The zero-order valence-corrected chi connectivity index (χ0v) is 17.4. The van der Waals surface area contributed by atoms with Crippen LogP contribution in [0, 0.1) is 6.92 Å². The van der Waals surface area contributed by atoms with Gasteiger partial charge in [0.2, 0.25) is 0 Å². The lowest BCUT2D eigenvalue weighted by molar-refractivity contribution is 0.478. The molecule has 9 nitrogen and oxygen atoms in total. The third-order valence-electron chi connectivity index (χ3n) is 4.98. The molecular formula is C18H30N4O5S. The zero-order valence-electron chi connectivity index (χ0n) is 16.6. The van der Waals surface area contributed by atoms with E-state index in [4.69, 9.17) is 4.55 Å². The van der Waals surface area contributed by atoms with Crippen LogP contribution in [-0.4, -0.2) is 37.8 Å². The first-order valence-electron chi connectivity index (χ1n) is 9.82. The highest BCUT2D eigenvalue weighted by molar-refractivity contribution is 7.85. The standard InChI is InChI=1S/C18H30N4O5S/c1-14-19-16-15(17(23)20-18(24)21(16)2)22(14)12-10-8-6-4-3-5-7-9-11-13-28(25,26)27/h3-13H2,1-2H3,(H,20,23,24)(H,25,26,27). The molecular weight excluding hydrogens is 384 g/mol. The smallest absolute Gasteiger partial charge is 0.322 e. The molecule has 28 heavy (non-hydrogen) atoms. The molecule has 0 bridgehead atoms. The summed E-state index contributed by atoms with van der Waals surface area (Å²) in [4.78, 5) is 30.5. The summed E-state index contributed by atoms with van der Waals surface area (Å²) in [5.74, 6) is 0.582. The van der Waals surface area contributed by atoms with E-state index in [1.165, 1.54) is 4.57 Å². The van der Waals surface area contributed by atoms with Crippen molar-refractivity contribution in [3.05, 3.63) is 26.7 Å². The van der Waals surface area contributed by atoms with E-state index in [2.05, 4.69) is 9.97 Å². The predicted octanol–water partition coefficient (Wildman–Crippen LogP) is 2.13.